The molecule has 2 saturated carbocycles. The molecule has 0 bridgehead atoms. The predicted octanol–water partition coefficient (Wildman–Crippen LogP) is 2.09. The van der Waals surface area contributed by atoms with Gasteiger partial charge >= 0.3 is 12.1 Å². The standard InChI is InChI=1S/C14H23F3N2O2/c1-3-19(9-14(15,16)17)11-6-7-13(8-11,12(20)21-2)18-10-4-5-10/h10-11,18H,3-9H2,1-2H3. The van der Waals surface area contributed by atoms with Crippen molar-refractivity contribution >= 4 is 5.97 Å². The van der Waals surface area contributed by atoms with Crippen LogP contribution >= 0.6 is 0 Å². The van der Waals surface area contributed by atoms with E-state index in [1.54, 1.807) is 6.92 Å². The zero-order chi connectivity index (χ0) is 15.7. The van der Waals surface area contributed by atoms with Crippen LogP contribution in [-0.4, -0.2) is 54.9 Å². The van der Waals surface area contributed by atoms with Gasteiger partial charge < -0.3 is 4.74 Å². The van der Waals surface area contributed by atoms with E-state index in [9.17, 15) is 18.0 Å². The molecular formula is C14H23F3N2O2. The average molecular weight is 308 g/mol. The molecule has 0 aromatic heterocycles. The topological polar surface area (TPSA) is 41.6 Å². The summed E-state index contributed by atoms with van der Waals surface area (Å²) >= 11 is 0. The van der Waals surface area contributed by atoms with Crippen molar-refractivity contribution in [3.8, 4) is 0 Å². The van der Waals surface area contributed by atoms with Crippen molar-refractivity contribution in [2.75, 3.05) is 20.2 Å². The van der Waals surface area contributed by atoms with Crippen molar-refractivity contribution in [1.29, 1.82) is 0 Å². The highest BCUT2D eigenvalue weighted by Gasteiger charge is 2.50. The van der Waals surface area contributed by atoms with Crippen molar-refractivity contribution in [2.24, 2.45) is 0 Å². The minimum atomic E-state index is -4.21. The van der Waals surface area contributed by atoms with E-state index in [0.29, 0.717) is 31.8 Å². The van der Waals surface area contributed by atoms with Crippen LogP contribution in [-0.2, 0) is 9.53 Å². The zero-order valence-corrected chi connectivity index (χ0v) is 12.5. The number of ether oxygens (including phenoxy) is 1. The highest BCUT2D eigenvalue weighted by Crippen LogP contribution is 2.38. The van der Waals surface area contributed by atoms with Gasteiger partial charge in [0.05, 0.1) is 13.7 Å². The predicted molar refractivity (Wildman–Crippen MR) is 71.8 cm³/mol. The van der Waals surface area contributed by atoms with E-state index in [-0.39, 0.29) is 12.0 Å². The Labute approximate surface area is 123 Å². The number of hydrogen-bond acceptors (Lipinski definition) is 4. The Bertz CT molecular complexity index is 385. The van der Waals surface area contributed by atoms with Crippen LogP contribution < -0.4 is 5.32 Å². The highest BCUT2D eigenvalue weighted by molar-refractivity contribution is 5.81. The fraction of sp³-hybridized carbons (Fsp3) is 0.929. The van der Waals surface area contributed by atoms with Crippen LogP contribution in [0.15, 0.2) is 0 Å². The summed E-state index contributed by atoms with van der Waals surface area (Å²) in [7, 11) is 1.33. The smallest absolute Gasteiger partial charge is 0.401 e. The largest absolute Gasteiger partial charge is 0.468 e. The second-order valence-corrected chi connectivity index (χ2v) is 6.07. The number of halogens is 3. The third-order valence-corrected chi connectivity index (χ3v) is 4.43. The first-order valence-electron chi connectivity index (χ1n) is 7.46. The molecule has 7 heteroatoms. The van der Waals surface area contributed by atoms with Crippen molar-refractivity contribution in [1.82, 2.24) is 10.2 Å². The summed E-state index contributed by atoms with van der Waals surface area (Å²) in [6.45, 7) is 1.12. The average Bonchev–Trinajstić information content (AvgIpc) is 3.11. The summed E-state index contributed by atoms with van der Waals surface area (Å²) in [5.41, 5.74) is -0.806. The second-order valence-electron chi connectivity index (χ2n) is 6.07. The van der Waals surface area contributed by atoms with Gasteiger partial charge in [-0.15, -0.1) is 0 Å². The molecule has 0 aromatic rings. The van der Waals surface area contributed by atoms with Gasteiger partial charge in [-0.2, -0.15) is 13.2 Å². The molecule has 1 N–H and O–H groups in total. The van der Waals surface area contributed by atoms with E-state index in [1.807, 2.05) is 0 Å². The number of carbonyl (C=O) groups excluding carboxylic acids is 1. The SMILES string of the molecule is CCN(CC(F)(F)F)C1CCC(NC2CC2)(C(=O)OC)C1. The molecule has 2 fully saturated rings. The Morgan fingerprint density at radius 2 is 2.05 bits per heavy atom. The maximum absolute atomic E-state index is 12.6. The number of alkyl halides is 3. The summed E-state index contributed by atoms with van der Waals surface area (Å²) in [5.74, 6) is -0.347. The highest BCUT2D eigenvalue weighted by atomic mass is 19.4. The van der Waals surface area contributed by atoms with Crippen LogP contribution in [0.1, 0.15) is 39.0 Å². The first-order chi connectivity index (χ1) is 9.79. The third-order valence-electron chi connectivity index (χ3n) is 4.43. The normalized spacial score (nSPS) is 29.9. The molecule has 2 rings (SSSR count). The second kappa shape index (κ2) is 6.12. The van der Waals surface area contributed by atoms with Gasteiger partial charge in [-0.1, -0.05) is 6.92 Å². The number of methoxy groups -OCH3 is 1. The summed E-state index contributed by atoms with van der Waals surface area (Å²) in [6.07, 6.45) is -0.669. The van der Waals surface area contributed by atoms with Gasteiger partial charge in [0.1, 0.15) is 5.54 Å². The first-order valence-corrected chi connectivity index (χ1v) is 7.46. The third kappa shape index (κ3) is 4.10. The van der Waals surface area contributed by atoms with Crippen LogP contribution in [0.25, 0.3) is 0 Å². The van der Waals surface area contributed by atoms with Gasteiger partial charge in [-0.3, -0.25) is 15.0 Å². The quantitative estimate of drug-likeness (QED) is 0.763. The Kier molecular flexibility index (Phi) is 4.82. The van der Waals surface area contributed by atoms with Crippen LogP contribution in [0, 0.1) is 0 Å². The fourth-order valence-electron chi connectivity index (χ4n) is 3.25. The minimum Gasteiger partial charge on any atom is -0.468 e. The Morgan fingerprint density at radius 3 is 2.52 bits per heavy atom. The number of carbonyl (C=O) groups is 1. The van der Waals surface area contributed by atoms with E-state index in [1.165, 1.54) is 12.0 Å². The molecule has 4 nitrogen and oxygen atoms in total. The molecule has 122 valence electrons. The maximum atomic E-state index is 12.6. The number of rotatable bonds is 6. The van der Waals surface area contributed by atoms with Crippen molar-refractivity contribution in [2.45, 2.75) is 62.8 Å². The molecule has 0 radical (unpaired) electrons. The lowest BCUT2D eigenvalue weighted by Crippen LogP contribution is -2.53. The molecule has 2 aliphatic carbocycles. The van der Waals surface area contributed by atoms with E-state index in [0.717, 1.165) is 12.8 Å². The monoisotopic (exact) mass is 308 g/mol. The molecule has 21 heavy (non-hydrogen) atoms. The van der Waals surface area contributed by atoms with Gasteiger partial charge in [-0.25, -0.2) is 0 Å². The lowest BCUT2D eigenvalue weighted by Gasteiger charge is -2.31. The Morgan fingerprint density at radius 1 is 1.38 bits per heavy atom. The van der Waals surface area contributed by atoms with E-state index in [4.69, 9.17) is 4.74 Å². The minimum absolute atomic E-state index is 0.234. The van der Waals surface area contributed by atoms with E-state index in [2.05, 4.69) is 5.32 Å². The number of nitrogens with one attached hydrogen (secondary N) is 1. The molecule has 0 heterocycles. The Hall–Kier alpha value is -0.820. The van der Waals surface area contributed by atoms with Gasteiger partial charge in [0, 0.05) is 12.1 Å². The van der Waals surface area contributed by atoms with Gasteiger partial charge in [0.15, 0.2) is 0 Å². The number of hydrogen-bond donors (Lipinski definition) is 1. The Balaban J connectivity index is 2.05. The lowest BCUT2D eigenvalue weighted by atomic mass is 9.97. The molecule has 0 spiro atoms. The fourth-order valence-corrected chi connectivity index (χ4v) is 3.25. The maximum Gasteiger partial charge on any atom is 0.401 e. The zero-order valence-electron chi connectivity index (χ0n) is 12.5. The number of esters is 1. The van der Waals surface area contributed by atoms with Gasteiger partial charge in [0.2, 0.25) is 0 Å². The molecule has 0 saturated heterocycles. The summed E-state index contributed by atoms with van der Waals surface area (Å²) in [4.78, 5) is 13.5. The molecule has 2 aliphatic rings. The molecule has 0 aliphatic heterocycles. The molecular weight excluding hydrogens is 285 g/mol. The van der Waals surface area contributed by atoms with Crippen molar-refractivity contribution < 1.29 is 22.7 Å². The van der Waals surface area contributed by atoms with Crippen molar-refractivity contribution in [3.63, 3.8) is 0 Å². The van der Waals surface area contributed by atoms with Gasteiger partial charge in [0.25, 0.3) is 0 Å². The van der Waals surface area contributed by atoms with Crippen molar-refractivity contribution in [3.05, 3.63) is 0 Å². The summed E-state index contributed by atoms with van der Waals surface area (Å²) in [6, 6.07) is 0.0718. The van der Waals surface area contributed by atoms with Crippen LogP contribution in [0.2, 0.25) is 0 Å². The molecule has 0 amide bonds. The van der Waals surface area contributed by atoms with E-state index < -0.39 is 18.3 Å². The van der Waals surface area contributed by atoms with E-state index >= 15 is 0 Å². The molecule has 0 aromatic carbocycles. The lowest BCUT2D eigenvalue weighted by molar-refractivity contribution is -0.152. The number of nitrogens with zero attached hydrogens (tertiary/aromatic N) is 1. The molecule has 2 atom stereocenters. The summed E-state index contributed by atoms with van der Waals surface area (Å²) in [5, 5.41) is 3.31. The summed E-state index contributed by atoms with van der Waals surface area (Å²) < 4.78 is 42.8. The first kappa shape index (κ1) is 16.5. The van der Waals surface area contributed by atoms with Crippen LogP contribution in [0.5, 0.6) is 0 Å². The molecule has 2 unspecified atom stereocenters. The van der Waals surface area contributed by atoms with Gasteiger partial charge in [-0.05, 0) is 38.6 Å². The van der Waals surface area contributed by atoms with Crippen LogP contribution in [0.3, 0.4) is 0 Å². The van der Waals surface area contributed by atoms with Crippen LogP contribution in [0.4, 0.5) is 13.2 Å².